The number of benzene rings is 4. The smallest absolute Gasteiger partial charge is 0.232 e. The molecule has 0 fully saturated rings. The van der Waals surface area contributed by atoms with Crippen LogP contribution in [-0.2, 0) is 4.79 Å². The Hall–Kier alpha value is -3.43. The lowest BCUT2D eigenvalue weighted by molar-refractivity contribution is -0.122. The zero-order chi connectivity index (χ0) is 20.1. The van der Waals surface area contributed by atoms with E-state index in [1.54, 1.807) is 0 Å². The van der Waals surface area contributed by atoms with Crippen LogP contribution in [0, 0.1) is 0 Å². The molecular formula is C26H23NO2. The number of nitrogens with one attached hydrogen (secondary N) is 1. The van der Waals surface area contributed by atoms with Crippen LogP contribution in [0.25, 0.3) is 10.8 Å². The van der Waals surface area contributed by atoms with Crippen LogP contribution in [0.15, 0.2) is 103 Å². The first-order chi connectivity index (χ1) is 14.2. The molecule has 1 amide bonds. The Balaban J connectivity index is 1.55. The second-order valence-corrected chi connectivity index (χ2v) is 7.08. The van der Waals surface area contributed by atoms with Gasteiger partial charge in [-0.15, -0.1) is 0 Å². The first kappa shape index (κ1) is 18.9. The number of hydrogen-bond donors (Lipinski definition) is 2. The molecule has 0 bridgehead atoms. The molecule has 0 aliphatic rings. The van der Waals surface area contributed by atoms with E-state index in [9.17, 15) is 9.90 Å². The maximum atomic E-state index is 13.1. The maximum Gasteiger partial charge on any atom is 0.232 e. The van der Waals surface area contributed by atoms with Gasteiger partial charge in [-0.25, -0.2) is 0 Å². The van der Waals surface area contributed by atoms with Gasteiger partial charge in [-0.1, -0.05) is 103 Å². The van der Waals surface area contributed by atoms with Gasteiger partial charge in [0.15, 0.2) is 0 Å². The van der Waals surface area contributed by atoms with Gasteiger partial charge in [0.2, 0.25) is 5.91 Å². The molecular weight excluding hydrogens is 358 g/mol. The van der Waals surface area contributed by atoms with Crippen LogP contribution in [0.3, 0.4) is 0 Å². The summed E-state index contributed by atoms with van der Waals surface area (Å²) in [5.74, 6) is -0.543. The minimum atomic E-state index is -0.780. The van der Waals surface area contributed by atoms with Crippen molar-refractivity contribution in [2.24, 2.45) is 0 Å². The van der Waals surface area contributed by atoms with E-state index in [0.717, 1.165) is 27.5 Å². The van der Waals surface area contributed by atoms with Gasteiger partial charge in [0, 0.05) is 6.54 Å². The second kappa shape index (κ2) is 8.72. The quantitative estimate of drug-likeness (QED) is 0.503. The molecule has 0 spiro atoms. The predicted octanol–water partition coefficient (Wildman–Crippen LogP) is 4.82. The van der Waals surface area contributed by atoms with Crippen molar-refractivity contribution >= 4 is 16.7 Å². The number of aliphatic hydroxyl groups is 1. The lowest BCUT2D eigenvalue weighted by Crippen LogP contribution is -2.33. The van der Waals surface area contributed by atoms with E-state index in [-0.39, 0.29) is 12.5 Å². The molecule has 0 aliphatic carbocycles. The SMILES string of the molecule is O=C(NC[C@H](O)c1cccc2ccccc12)C(c1ccccc1)c1ccccc1. The normalized spacial score (nSPS) is 12.1. The summed E-state index contributed by atoms with van der Waals surface area (Å²) in [5, 5.41) is 15.8. The number of fused-ring (bicyclic) bond motifs is 1. The monoisotopic (exact) mass is 381 g/mol. The summed E-state index contributed by atoms with van der Waals surface area (Å²) < 4.78 is 0. The average molecular weight is 381 g/mol. The van der Waals surface area contributed by atoms with E-state index >= 15 is 0 Å². The summed E-state index contributed by atoms with van der Waals surface area (Å²) in [7, 11) is 0. The van der Waals surface area contributed by atoms with Crippen LogP contribution < -0.4 is 5.32 Å². The van der Waals surface area contributed by atoms with E-state index in [2.05, 4.69) is 5.32 Å². The van der Waals surface area contributed by atoms with E-state index in [0.29, 0.717) is 0 Å². The van der Waals surface area contributed by atoms with Gasteiger partial charge in [0.05, 0.1) is 12.0 Å². The molecule has 3 heteroatoms. The summed E-state index contributed by atoms with van der Waals surface area (Å²) in [5.41, 5.74) is 2.67. The van der Waals surface area contributed by atoms with Gasteiger partial charge in [0.1, 0.15) is 0 Å². The van der Waals surface area contributed by atoms with E-state index in [1.165, 1.54) is 0 Å². The highest BCUT2D eigenvalue weighted by molar-refractivity contribution is 5.88. The third-order valence-corrected chi connectivity index (χ3v) is 5.18. The molecule has 4 aromatic carbocycles. The second-order valence-electron chi connectivity index (χ2n) is 7.08. The third kappa shape index (κ3) is 4.20. The van der Waals surface area contributed by atoms with Crippen molar-refractivity contribution in [2.45, 2.75) is 12.0 Å². The minimum absolute atomic E-state index is 0.123. The van der Waals surface area contributed by atoms with Crippen LogP contribution in [-0.4, -0.2) is 17.6 Å². The molecule has 4 rings (SSSR count). The molecule has 0 radical (unpaired) electrons. The fourth-order valence-electron chi connectivity index (χ4n) is 3.74. The van der Waals surface area contributed by atoms with Crippen LogP contribution in [0.2, 0.25) is 0 Å². The largest absolute Gasteiger partial charge is 0.387 e. The van der Waals surface area contributed by atoms with Gasteiger partial charge in [-0.05, 0) is 27.5 Å². The Bertz CT molecular complexity index is 1050. The molecule has 29 heavy (non-hydrogen) atoms. The Kier molecular flexibility index (Phi) is 5.68. The fourth-order valence-corrected chi connectivity index (χ4v) is 3.74. The lowest BCUT2D eigenvalue weighted by atomic mass is 9.90. The van der Waals surface area contributed by atoms with E-state index in [4.69, 9.17) is 0 Å². The molecule has 0 heterocycles. The van der Waals surface area contributed by atoms with Crippen molar-refractivity contribution in [1.29, 1.82) is 0 Å². The number of carbonyl (C=O) groups is 1. The molecule has 3 nitrogen and oxygen atoms in total. The summed E-state index contributed by atoms with van der Waals surface area (Å²) in [6, 6.07) is 33.2. The number of rotatable bonds is 6. The van der Waals surface area contributed by atoms with Crippen LogP contribution in [0.1, 0.15) is 28.7 Å². The van der Waals surface area contributed by atoms with Crippen molar-refractivity contribution < 1.29 is 9.90 Å². The van der Waals surface area contributed by atoms with Gasteiger partial charge >= 0.3 is 0 Å². The third-order valence-electron chi connectivity index (χ3n) is 5.18. The molecule has 144 valence electrons. The number of amides is 1. The fraction of sp³-hybridized carbons (Fsp3) is 0.115. The summed E-state index contributed by atoms with van der Waals surface area (Å²) in [6.07, 6.45) is -0.780. The molecule has 0 saturated heterocycles. The molecule has 4 aromatic rings. The Morgan fingerprint density at radius 3 is 1.93 bits per heavy atom. The standard InChI is InChI=1S/C26H23NO2/c28-24(23-17-9-15-19-10-7-8-16-22(19)23)18-27-26(29)25(20-11-3-1-4-12-20)21-13-5-2-6-14-21/h1-17,24-25,28H,18H2,(H,27,29)/t24-/m0/s1. The summed E-state index contributed by atoms with van der Waals surface area (Å²) >= 11 is 0. The maximum absolute atomic E-state index is 13.1. The topological polar surface area (TPSA) is 49.3 Å². The first-order valence-electron chi connectivity index (χ1n) is 9.77. The van der Waals surface area contributed by atoms with Crippen LogP contribution in [0.4, 0.5) is 0 Å². The van der Waals surface area contributed by atoms with Crippen molar-refractivity contribution in [3.05, 3.63) is 120 Å². The van der Waals surface area contributed by atoms with Crippen molar-refractivity contribution in [2.75, 3.05) is 6.54 Å². The highest BCUT2D eigenvalue weighted by atomic mass is 16.3. The van der Waals surface area contributed by atoms with Gasteiger partial charge in [-0.3, -0.25) is 4.79 Å². The Morgan fingerprint density at radius 1 is 0.724 bits per heavy atom. The Morgan fingerprint density at radius 2 is 1.28 bits per heavy atom. The molecule has 0 saturated carbocycles. The summed E-state index contributed by atoms with van der Waals surface area (Å²) in [6.45, 7) is 0.156. The lowest BCUT2D eigenvalue weighted by Gasteiger charge is -2.20. The first-order valence-corrected chi connectivity index (χ1v) is 9.77. The predicted molar refractivity (Wildman–Crippen MR) is 117 cm³/mol. The van der Waals surface area contributed by atoms with Crippen molar-refractivity contribution in [1.82, 2.24) is 5.32 Å². The molecule has 2 N–H and O–H groups in total. The molecule has 1 atom stereocenters. The molecule has 0 aromatic heterocycles. The van der Waals surface area contributed by atoms with Gasteiger partial charge < -0.3 is 10.4 Å². The van der Waals surface area contributed by atoms with Crippen molar-refractivity contribution in [3.63, 3.8) is 0 Å². The number of carbonyl (C=O) groups excluding carboxylic acids is 1. The highest BCUT2D eigenvalue weighted by Gasteiger charge is 2.23. The summed E-state index contributed by atoms with van der Waals surface area (Å²) in [4.78, 5) is 13.1. The average Bonchev–Trinajstić information content (AvgIpc) is 2.79. The van der Waals surface area contributed by atoms with Crippen LogP contribution in [0.5, 0.6) is 0 Å². The van der Waals surface area contributed by atoms with E-state index in [1.807, 2.05) is 103 Å². The van der Waals surface area contributed by atoms with E-state index < -0.39 is 12.0 Å². The molecule has 0 unspecified atom stereocenters. The van der Waals surface area contributed by atoms with Gasteiger partial charge in [0.25, 0.3) is 0 Å². The zero-order valence-corrected chi connectivity index (χ0v) is 16.0. The van der Waals surface area contributed by atoms with Crippen LogP contribution >= 0.6 is 0 Å². The Labute approximate surface area is 170 Å². The minimum Gasteiger partial charge on any atom is -0.387 e. The number of aliphatic hydroxyl groups excluding tert-OH is 1. The number of hydrogen-bond acceptors (Lipinski definition) is 2. The molecule has 0 aliphatic heterocycles. The van der Waals surface area contributed by atoms with Gasteiger partial charge in [-0.2, -0.15) is 0 Å². The highest BCUT2D eigenvalue weighted by Crippen LogP contribution is 2.26. The zero-order valence-electron chi connectivity index (χ0n) is 16.0. The van der Waals surface area contributed by atoms with Crippen molar-refractivity contribution in [3.8, 4) is 0 Å².